The van der Waals surface area contributed by atoms with Gasteiger partial charge in [-0.3, -0.25) is 10.1 Å². The summed E-state index contributed by atoms with van der Waals surface area (Å²) in [5, 5.41) is 15.9. The van der Waals surface area contributed by atoms with E-state index in [9.17, 15) is 10.1 Å². The molecule has 22 heavy (non-hydrogen) atoms. The van der Waals surface area contributed by atoms with Crippen LogP contribution < -0.4 is 10.6 Å². The summed E-state index contributed by atoms with van der Waals surface area (Å²) < 4.78 is 1.50. The second kappa shape index (κ2) is 5.45. The minimum Gasteiger partial charge on any atom is -0.368 e. The van der Waals surface area contributed by atoms with Gasteiger partial charge in [0, 0.05) is 24.7 Å². The predicted molar refractivity (Wildman–Crippen MR) is 82.8 cm³/mol. The van der Waals surface area contributed by atoms with Crippen LogP contribution >= 0.6 is 11.6 Å². The third kappa shape index (κ3) is 2.45. The number of aryl methyl sites for hydroxylation is 1. The summed E-state index contributed by atoms with van der Waals surface area (Å²) in [5.74, 6) is 0.911. The quantitative estimate of drug-likeness (QED) is 0.687. The molecule has 0 bridgehead atoms. The van der Waals surface area contributed by atoms with Crippen molar-refractivity contribution < 1.29 is 4.92 Å². The van der Waals surface area contributed by atoms with E-state index in [2.05, 4.69) is 10.1 Å². The Hall–Kier alpha value is -2.35. The topological polar surface area (TPSA) is 103 Å². The van der Waals surface area contributed by atoms with Crippen LogP contribution in [-0.2, 0) is 7.05 Å². The molecule has 1 unspecified atom stereocenters. The van der Waals surface area contributed by atoms with Crippen molar-refractivity contribution >= 4 is 28.9 Å². The van der Waals surface area contributed by atoms with Gasteiger partial charge in [-0.25, -0.2) is 4.68 Å². The first-order valence-electron chi connectivity index (χ1n) is 6.84. The fourth-order valence-corrected chi connectivity index (χ4v) is 2.93. The van der Waals surface area contributed by atoms with E-state index in [1.165, 1.54) is 10.7 Å². The number of aromatic nitrogens is 3. The zero-order valence-corrected chi connectivity index (χ0v) is 12.7. The van der Waals surface area contributed by atoms with Crippen LogP contribution in [0.1, 0.15) is 24.7 Å². The predicted octanol–water partition coefficient (Wildman–Crippen LogP) is 2.30. The van der Waals surface area contributed by atoms with Gasteiger partial charge in [0.2, 0.25) is 5.95 Å². The molecule has 1 aliphatic rings. The van der Waals surface area contributed by atoms with Crippen LogP contribution in [0.3, 0.4) is 0 Å². The molecule has 3 rings (SSSR count). The highest BCUT2D eigenvalue weighted by atomic mass is 35.5. The molecule has 1 aliphatic heterocycles. The Morgan fingerprint density at radius 1 is 1.50 bits per heavy atom. The van der Waals surface area contributed by atoms with Gasteiger partial charge in [-0.2, -0.15) is 10.1 Å². The van der Waals surface area contributed by atoms with Crippen LogP contribution in [0.2, 0.25) is 5.02 Å². The molecule has 1 saturated heterocycles. The van der Waals surface area contributed by atoms with Crippen LogP contribution in [0.4, 0.5) is 17.3 Å². The first-order chi connectivity index (χ1) is 10.5. The summed E-state index contributed by atoms with van der Waals surface area (Å²) in [6.07, 6.45) is 1.73. The zero-order valence-electron chi connectivity index (χ0n) is 11.9. The largest absolute Gasteiger partial charge is 0.368 e. The van der Waals surface area contributed by atoms with E-state index in [-0.39, 0.29) is 11.7 Å². The second-order valence-corrected chi connectivity index (χ2v) is 5.63. The van der Waals surface area contributed by atoms with E-state index in [1.807, 2.05) is 4.90 Å². The highest BCUT2D eigenvalue weighted by Crippen LogP contribution is 2.40. The summed E-state index contributed by atoms with van der Waals surface area (Å²) in [4.78, 5) is 17.1. The minimum atomic E-state index is -0.420. The van der Waals surface area contributed by atoms with Crippen LogP contribution in [0, 0.1) is 10.1 Å². The fraction of sp³-hybridized carbons (Fsp3) is 0.385. The molecule has 0 aliphatic carbocycles. The summed E-state index contributed by atoms with van der Waals surface area (Å²) in [6, 6.07) is 4.57. The van der Waals surface area contributed by atoms with Crippen molar-refractivity contribution in [3.05, 3.63) is 39.2 Å². The lowest BCUT2D eigenvalue weighted by Crippen LogP contribution is -2.24. The third-order valence-corrected chi connectivity index (χ3v) is 4.04. The van der Waals surface area contributed by atoms with E-state index in [0.717, 1.165) is 12.8 Å². The van der Waals surface area contributed by atoms with Gasteiger partial charge in [-0.05, 0) is 25.0 Å². The van der Waals surface area contributed by atoms with Crippen molar-refractivity contribution in [2.45, 2.75) is 18.9 Å². The molecule has 9 heteroatoms. The number of nitrogens with zero attached hydrogens (tertiary/aromatic N) is 5. The standard InChI is InChI=1S/C13H15ClN6O2/c1-18-13(15)16-12(17-18)10-3-2-6-19(10)9-5-4-8(14)7-11(9)20(21)22/h4-5,7,10H,2-3,6H2,1H3,(H2,15,16,17). The zero-order chi connectivity index (χ0) is 15.9. The molecule has 1 aromatic carbocycles. The van der Waals surface area contributed by atoms with E-state index < -0.39 is 4.92 Å². The summed E-state index contributed by atoms with van der Waals surface area (Å²) >= 11 is 5.88. The fourth-order valence-electron chi connectivity index (χ4n) is 2.77. The third-order valence-electron chi connectivity index (χ3n) is 3.81. The number of hydrogen-bond donors (Lipinski definition) is 1. The molecule has 0 amide bonds. The van der Waals surface area contributed by atoms with Crippen molar-refractivity contribution in [2.24, 2.45) is 7.05 Å². The Bertz CT molecular complexity index is 712. The van der Waals surface area contributed by atoms with Crippen molar-refractivity contribution in [2.75, 3.05) is 17.2 Å². The van der Waals surface area contributed by atoms with Gasteiger partial charge >= 0.3 is 0 Å². The summed E-state index contributed by atoms with van der Waals surface area (Å²) in [7, 11) is 1.72. The van der Waals surface area contributed by atoms with Crippen molar-refractivity contribution in [3.63, 3.8) is 0 Å². The van der Waals surface area contributed by atoms with Crippen LogP contribution in [-0.4, -0.2) is 26.2 Å². The second-order valence-electron chi connectivity index (χ2n) is 5.19. The van der Waals surface area contributed by atoms with Gasteiger partial charge in [-0.1, -0.05) is 11.6 Å². The molecule has 2 N–H and O–H groups in total. The number of benzene rings is 1. The van der Waals surface area contributed by atoms with E-state index >= 15 is 0 Å². The number of nitrogens with two attached hydrogens (primary N) is 1. The van der Waals surface area contributed by atoms with Crippen LogP contribution in [0.5, 0.6) is 0 Å². The molecule has 0 spiro atoms. The van der Waals surface area contributed by atoms with Gasteiger partial charge in [0.15, 0.2) is 5.82 Å². The highest BCUT2D eigenvalue weighted by Gasteiger charge is 2.33. The number of nitro groups is 1. The van der Waals surface area contributed by atoms with Crippen molar-refractivity contribution in [3.8, 4) is 0 Å². The van der Waals surface area contributed by atoms with Gasteiger partial charge in [0.05, 0.1) is 11.0 Å². The molecular weight excluding hydrogens is 308 g/mol. The van der Waals surface area contributed by atoms with Crippen LogP contribution in [0.25, 0.3) is 0 Å². The maximum Gasteiger partial charge on any atom is 0.294 e. The summed E-state index contributed by atoms with van der Waals surface area (Å²) in [5.41, 5.74) is 6.26. The first-order valence-corrected chi connectivity index (χ1v) is 7.22. The maximum atomic E-state index is 11.3. The Labute approximate surface area is 131 Å². The Morgan fingerprint density at radius 2 is 2.27 bits per heavy atom. The minimum absolute atomic E-state index is 0.0108. The molecule has 1 fully saturated rings. The first kappa shape index (κ1) is 14.6. The average molecular weight is 323 g/mol. The maximum absolute atomic E-state index is 11.3. The number of rotatable bonds is 3. The van der Waals surface area contributed by atoms with E-state index in [1.54, 1.807) is 19.2 Å². The van der Waals surface area contributed by atoms with E-state index in [0.29, 0.717) is 29.0 Å². The Balaban J connectivity index is 2.02. The average Bonchev–Trinajstić information content (AvgIpc) is 3.06. The van der Waals surface area contributed by atoms with Crippen molar-refractivity contribution in [1.82, 2.24) is 14.8 Å². The number of anilines is 2. The number of hydrogen-bond acceptors (Lipinski definition) is 6. The van der Waals surface area contributed by atoms with Crippen molar-refractivity contribution in [1.29, 1.82) is 0 Å². The number of nitro benzene ring substituents is 1. The van der Waals surface area contributed by atoms with Gasteiger partial charge < -0.3 is 10.6 Å². The number of nitrogen functional groups attached to an aromatic ring is 1. The molecular formula is C13H15ClN6O2. The van der Waals surface area contributed by atoms with Gasteiger partial charge in [-0.15, -0.1) is 0 Å². The van der Waals surface area contributed by atoms with Crippen LogP contribution in [0.15, 0.2) is 18.2 Å². The molecule has 1 atom stereocenters. The van der Waals surface area contributed by atoms with Gasteiger partial charge in [0.1, 0.15) is 5.69 Å². The van der Waals surface area contributed by atoms with Gasteiger partial charge in [0.25, 0.3) is 5.69 Å². The smallest absolute Gasteiger partial charge is 0.294 e. The molecule has 8 nitrogen and oxygen atoms in total. The molecule has 2 aromatic rings. The highest BCUT2D eigenvalue weighted by molar-refractivity contribution is 6.30. The SMILES string of the molecule is Cn1nc(C2CCCN2c2ccc(Cl)cc2[N+](=O)[O-])nc1N. The molecule has 2 heterocycles. The monoisotopic (exact) mass is 322 g/mol. The normalized spacial score (nSPS) is 17.9. The Morgan fingerprint density at radius 3 is 2.91 bits per heavy atom. The lowest BCUT2D eigenvalue weighted by Gasteiger charge is -2.24. The molecule has 0 radical (unpaired) electrons. The molecule has 1 aromatic heterocycles. The lowest BCUT2D eigenvalue weighted by atomic mass is 10.2. The summed E-state index contributed by atoms with van der Waals surface area (Å²) in [6.45, 7) is 0.700. The Kier molecular flexibility index (Phi) is 3.61. The molecule has 0 saturated carbocycles. The number of halogens is 1. The lowest BCUT2D eigenvalue weighted by molar-refractivity contribution is -0.384. The molecule has 116 valence electrons. The van der Waals surface area contributed by atoms with E-state index in [4.69, 9.17) is 17.3 Å².